The second-order valence-electron chi connectivity index (χ2n) is 6.04. The summed E-state index contributed by atoms with van der Waals surface area (Å²) >= 11 is 0. The van der Waals surface area contributed by atoms with Crippen molar-refractivity contribution in [3.63, 3.8) is 0 Å². The van der Waals surface area contributed by atoms with Gasteiger partial charge in [-0.1, -0.05) is 18.2 Å². The molecule has 1 aliphatic rings. The number of aliphatic hydroxyl groups is 1. The van der Waals surface area contributed by atoms with Crippen molar-refractivity contribution in [3.8, 4) is 0 Å². The number of para-hydroxylation sites is 1. The lowest BCUT2D eigenvalue weighted by Gasteiger charge is -2.23. The molecule has 1 atom stereocenters. The number of benzene rings is 1. The summed E-state index contributed by atoms with van der Waals surface area (Å²) in [6, 6.07) is 5.64. The van der Waals surface area contributed by atoms with Gasteiger partial charge in [0.05, 0.1) is 5.60 Å². The van der Waals surface area contributed by atoms with Gasteiger partial charge in [-0.25, -0.2) is 0 Å². The highest BCUT2D eigenvalue weighted by molar-refractivity contribution is 6.39. The van der Waals surface area contributed by atoms with Crippen molar-refractivity contribution in [2.24, 2.45) is 5.92 Å². The number of carbonyl (C=O) groups excluding carboxylic acids is 2. The summed E-state index contributed by atoms with van der Waals surface area (Å²) in [6.45, 7) is 5.53. The van der Waals surface area contributed by atoms with Crippen molar-refractivity contribution < 1.29 is 14.7 Å². The number of amides is 2. The maximum Gasteiger partial charge on any atom is 0.313 e. The topological polar surface area (TPSA) is 78.4 Å². The van der Waals surface area contributed by atoms with Crippen molar-refractivity contribution in [3.05, 3.63) is 29.3 Å². The van der Waals surface area contributed by atoms with Crippen LogP contribution in [0, 0.1) is 19.8 Å². The number of aryl methyl sites for hydroxylation is 2. The summed E-state index contributed by atoms with van der Waals surface area (Å²) in [5, 5.41) is 15.2. The molecule has 0 heterocycles. The molecule has 1 aromatic rings. The average Bonchev–Trinajstić information content (AvgIpc) is 3.25. The third-order valence-electron chi connectivity index (χ3n) is 3.99. The molecule has 0 saturated heterocycles. The van der Waals surface area contributed by atoms with E-state index in [-0.39, 0.29) is 12.5 Å². The van der Waals surface area contributed by atoms with Crippen LogP contribution in [-0.4, -0.2) is 29.1 Å². The summed E-state index contributed by atoms with van der Waals surface area (Å²) < 4.78 is 0. The van der Waals surface area contributed by atoms with Crippen molar-refractivity contribution >= 4 is 17.5 Å². The van der Waals surface area contributed by atoms with Crippen LogP contribution in [0.3, 0.4) is 0 Å². The predicted octanol–water partition coefficient (Wildman–Crippen LogP) is 1.52. The first-order valence-corrected chi connectivity index (χ1v) is 7.19. The molecule has 2 amide bonds. The summed E-state index contributed by atoms with van der Waals surface area (Å²) in [7, 11) is 0. The Morgan fingerprint density at radius 1 is 1.24 bits per heavy atom. The minimum absolute atomic E-state index is 0.0939. The Labute approximate surface area is 124 Å². The van der Waals surface area contributed by atoms with Crippen LogP contribution in [0.25, 0.3) is 0 Å². The zero-order valence-corrected chi connectivity index (χ0v) is 12.7. The van der Waals surface area contributed by atoms with E-state index in [1.54, 1.807) is 6.92 Å². The van der Waals surface area contributed by atoms with Crippen LogP contribution >= 0.6 is 0 Å². The highest BCUT2D eigenvalue weighted by atomic mass is 16.3. The summed E-state index contributed by atoms with van der Waals surface area (Å²) in [6.07, 6.45) is 1.94. The zero-order valence-electron chi connectivity index (χ0n) is 12.7. The third-order valence-corrected chi connectivity index (χ3v) is 3.99. The van der Waals surface area contributed by atoms with E-state index in [1.807, 2.05) is 32.0 Å². The molecule has 1 aliphatic carbocycles. The van der Waals surface area contributed by atoms with E-state index >= 15 is 0 Å². The van der Waals surface area contributed by atoms with E-state index in [2.05, 4.69) is 10.6 Å². The van der Waals surface area contributed by atoms with E-state index in [9.17, 15) is 14.7 Å². The molecule has 2 rings (SSSR count). The van der Waals surface area contributed by atoms with Gasteiger partial charge in [-0.05, 0) is 50.7 Å². The zero-order chi connectivity index (χ0) is 15.6. The molecule has 5 heteroatoms. The molecular formula is C16H22N2O3. The van der Waals surface area contributed by atoms with Crippen molar-refractivity contribution in [1.82, 2.24) is 5.32 Å². The summed E-state index contributed by atoms with van der Waals surface area (Å²) in [5.74, 6) is -1.21. The Kier molecular flexibility index (Phi) is 4.32. The van der Waals surface area contributed by atoms with E-state index < -0.39 is 17.4 Å². The maximum absolute atomic E-state index is 11.9. The monoisotopic (exact) mass is 290 g/mol. The Morgan fingerprint density at radius 2 is 1.81 bits per heavy atom. The Balaban J connectivity index is 1.92. The van der Waals surface area contributed by atoms with Crippen LogP contribution in [0.2, 0.25) is 0 Å². The Morgan fingerprint density at radius 3 is 2.33 bits per heavy atom. The number of hydrogen-bond donors (Lipinski definition) is 3. The van der Waals surface area contributed by atoms with Crippen LogP contribution in [0.15, 0.2) is 18.2 Å². The molecule has 0 radical (unpaired) electrons. The van der Waals surface area contributed by atoms with E-state index in [4.69, 9.17) is 0 Å². The minimum atomic E-state index is -0.936. The molecule has 1 unspecified atom stereocenters. The first-order valence-electron chi connectivity index (χ1n) is 7.19. The molecule has 5 nitrogen and oxygen atoms in total. The fraction of sp³-hybridized carbons (Fsp3) is 0.500. The second-order valence-corrected chi connectivity index (χ2v) is 6.04. The fourth-order valence-corrected chi connectivity index (χ4v) is 2.37. The number of anilines is 1. The average molecular weight is 290 g/mol. The summed E-state index contributed by atoms with van der Waals surface area (Å²) in [5.41, 5.74) is 1.53. The Bertz CT molecular complexity index is 542. The second kappa shape index (κ2) is 5.85. The normalized spacial score (nSPS) is 17.0. The first kappa shape index (κ1) is 15.5. The van der Waals surface area contributed by atoms with Crippen LogP contribution in [0.5, 0.6) is 0 Å². The fourth-order valence-electron chi connectivity index (χ4n) is 2.37. The number of nitrogens with one attached hydrogen (secondary N) is 2. The quantitative estimate of drug-likeness (QED) is 0.736. The van der Waals surface area contributed by atoms with E-state index in [0.717, 1.165) is 24.0 Å². The molecule has 21 heavy (non-hydrogen) atoms. The molecule has 3 N–H and O–H groups in total. The highest BCUT2D eigenvalue weighted by Crippen LogP contribution is 2.38. The van der Waals surface area contributed by atoms with Crippen LogP contribution < -0.4 is 10.6 Å². The molecule has 0 aliphatic heterocycles. The van der Waals surface area contributed by atoms with E-state index in [0.29, 0.717) is 5.69 Å². The molecule has 114 valence electrons. The lowest BCUT2D eigenvalue weighted by atomic mass is 10.0. The number of hydrogen-bond acceptors (Lipinski definition) is 3. The Hall–Kier alpha value is -1.88. The largest absolute Gasteiger partial charge is 0.388 e. The number of carbonyl (C=O) groups is 2. The molecule has 0 spiro atoms. The molecule has 1 aromatic carbocycles. The standard InChI is InChI=1S/C16H22N2O3/c1-10-5-4-6-11(2)13(10)18-15(20)14(19)17-9-16(3,21)12-7-8-12/h4-6,12,21H,7-9H2,1-3H3,(H,17,19)(H,18,20). The lowest BCUT2D eigenvalue weighted by Crippen LogP contribution is -2.45. The van der Waals surface area contributed by atoms with Crippen molar-refractivity contribution in [2.75, 3.05) is 11.9 Å². The third kappa shape index (κ3) is 3.82. The van der Waals surface area contributed by atoms with Gasteiger partial charge in [0, 0.05) is 12.2 Å². The molecule has 1 saturated carbocycles. The number of rotatable bonds is 4. The van der Waals surface area contributed by atoms with Crippen LogP contribution in [-0.2, 0) is 9.59 Å². The molecule has 0 aromatic heterocycles. The van der Waals surface area contributed by atoms with Gasteiger partial charge in [-0.2, -0.15) is 0 Å². The molecule has 1 fully saturated rings. The first-order chi connectivity index (χ1) is 9.81. The van der Waals surface area contributed by atoms with Crippen molar-refractivity contribution in [1.29, 1.82) is 0 Å². The lowest BCUT2D eigenvalue weighted by molar-refractivity contribution is -0.136. The smallest absolute Gasteiger partial charge is 0.313 e. The molecule has 0 bridgehead atoms. The molecular weight excluding hydrogens is 268 g/mol. The van der Waals surface area contributed by atoms with Gasteiger partial charge >= 0.3 is 11.8 Å². The summed E-state index contributed by atoms with van der Waals surface area (Å²) in [4.78, 5) is 23.7. The van der Waals surface area contributed by atoms with Gasteiger partial charge in [-0.3, -0.25) is 9.59 Å². The van der Waals surface area contributed by atoms with Gasteiger partial charge in [0.25, 0.3) is 0 Å². The highest BCUT2D eigenvalue weighted by Gasteiger charge is 2.40. The van der Waals surface area contributed by atoms with Gasteiger partial charge in [-0.15, -0.1) is 0 Å². The predicted molar refractivity (Wildman–Crippen MR) is 80.9 cm³/mol. The SMILES string of the molecule is Cc1cccc(C)c1NC(=O)C(=O)NCC(C)(O)C1CC1. The van der Waals surface area contributed by atoms with Crippen LogP contribution in [0.1, 0.15) is 30.9 Å². The van der Waals surface area contributed by atoms with Gasteiger partial charge in [0.1, 0.15) is 0 Å². The van der Waals surface area contributed by atoms with Gasteiger partial charge < -0.3 is 15.7 Å². The van der Waals surface area contributed by atoms with Crippen LogP contribution in [0.4, 0.5) is 5.69 Å². The minimum Gasteiger partial charge on any atom is -0.388 e. The van der Waals surface area contributed by atoms with E-state index in [1.165, 1.54) is 0 Å². The van der Waals surface area contributed by atoms with Gasteiger partial charge in [0.2, 0.25) is 0 Å². The van der Waals surface area contributed by atoms with Gasteiger partial charge in [0.15, 0.2) is 0 Å². The maximum atomic E-state index is 11.9. The van der Waals surface area contributed by atoms with Crippen molar-refractivity contribution in [2.45, 2.75) is 39.2 Å².